The molecule has 0 unspecified atom stereocenters. The summed E-state index contributed by atoms with van der Waals surface area (Å²) in [5.74, 6) is 0.914. The fourth-order valence-electron chi connectivity index (χ4n) is 1.74. The fraction of sp³-hybridized carbons (Fsp3) is 0.533. The van der Waals surface area contributed by atoms with Crippen LogP contribution in [0, 0.1) is 6.92 Å². The Labute approximate surface area is 115 Å². The summed E-state index contributed by atoms with van der Waals surface area (Å²) in [5.41, 5.74) is 2.28. The van der Waals surface area contributed by atoms with Crippen LogP contribution in [0.2, 0.25) is 0 Å². The third-order valence-corrected chi connectivity index (χ3v) is 2.56. The van der Waals surface area contributed by atoms with Crippen molar-refractivity contribution in [2.24, 2.45) is 0 Å². The molecule has 0 fully saturated rings. The lowest BCUT2D eigenvalue weighted by Crippen LogP contribution is -2.26. The molecule has 0 saturated carbocycles. The molecule has 4 heteroatoms. The highest BCUT2D eigenvalue weighted by molar-refractivity contribution is 5.67. The van der Waals surface area contributed by atoms with Crippen molar-refractivity contribution in [2.45, 2.75) is 40.2 Å². The van der Waals surface area contributed by atoms with Crippen LogP contribution < -0.4 is 10.1 Å². The average Bonchev–Trinajstić information content (AvgIpc) is 2.32. The molecule has 0 bridgehead atoms. The summed E-state index contributed by atoms with van der Waals surface area (Å²) in [7, 11) is 0. The summed E-state index contributed by atoms with van der Waals surface area (Å²) in [6.07, 6.45) is 0.593. The number of benzene rings is 1. The van der Waals surface area contributed by atoms with Gasteiger partial charge in [-0.05, 0) is 51.3 Å². The van der Waals surface area contributed by atoms with Gasteiger partial charge in [-0.2, -0.15) is 0 Å². The molecular weight excluding hydrogens is 242 g/mol. The quantitative estimate of drug-likeness (QED) is 0.860. The number of aryl methyl sites for hydroxylation is 1. The molecule has 0 aliphatic rings. The van der Waals surface area contributed by atoms with Crippen molar-refractivity contribution in [3.63, 3.8) is 0 Å². The molecule has 1 aromatic carbocycles. The first-order chi connectivity index (χ1) is 9.02. The van der Waals surface area contributed by atoms with Gasteiger partial charge in [0, 0.05) is 6.54 Å². The molecule has 0 aromatic heterocycles. The van der Waals surface area contributed by atoms with Crippen LogP contribution in [0.15, 0.2) is 18.2 Å². The fourth-order valence-corrected chi connectivity index (χ4v) is 1.74. The van der Waals surface area contributed by atoms with Gasteiger partial charge in [0.15, 0.2) is 0 Å². The molecule has 106 valence electrons. The van der Waals surface area contributed by atoms with Crippen LogP contribution in [0.25, 0.3) is 0 Å². The Bertz CT molecular complexity index is 416. The number of nitrogens with one attached hydrogen (secondary N) is 1. The maximum Gasteiger partial charge on any atom is 0.407 e. The second kappa shape index (κ2) is 7.67. The highest BCUT2D eigenvalue weighted by Crippen LogP contribution is 2.20. The zero-order chi connectivity index (χ0) is 14.3. The zero-order valence-electron chi connectivity index (χ0n) is 12.2. The van der Waals surface area contributed by atoms with Crippen molar-refractivity contribution in [3.05, 3.63) is 29.3 Å². The first-order valence-electron chi connectivity index (χ1n) is 6.69. The maximum atomic E-state index is 11.1. The molecule has 19 heavy (non-hydrogen) atoms. The van der Waals surface area contributed by atoms with Gasteiger partial charge in [0.2, 0.25) is 0 Å². The summed E-state index contributed by atoms with van der Waals surface area (Å²) in [5, 5.41) is 2.71. The molecule has 1 aromatic rings. The highest BCUT2D eigenvalue weighted by Gasteiger charge is 2.04. The molecule has 0 aliphatic heterocycles. The molecule has 0 atom stereocenters. The van der Waals surface area contributed by atoms with Crippen LogP contribution in [-0.2, 0) is 11.2 Å². The smallest absolute Gasteiger partial charge is 0.407 e. The molecule has 1 amide bonds. The molecule has 0 aliphatic carbocycles. The van der Waals surface area contributed by atoms with Crippen LogP contribution >= 0.6 is 0 Å². The van der Waals surface area contributed by atoms with E-state index in [1.165, 1.54) is 5.56 Å². The third kappa shape index (κ3) is 5.64. The number of hydrogen-bond acceptors (Lipinski definition) is 3. The van der Waals surface area contributed by atoms with E-state index in [1.54, 1.807) is 6.92 Å². The van der Waals surface area contributed by atoms with Crippen molar-refractivity contribution >= 4 is 6.09 Å². The van der Waals surface area contributed by atoms with Gasteiger partial charge in [0.05, 0.1) is 12.7 Å². The lowest BCUT2D eigenvalue weighted by Gasteiger charge is -2.13. The second-order valence-corrected chi connectivity index (χ2v) is 4.66. The number of alkyl carbamates (subject to hydrolysis) is 1. The Morgan fingerprint density at radius 2 is 2.11 bits per heavy atom. The van der Waals surface area contributed by atoms with Crippen molar-refractivity contribution < 1.29 is 14.3 Å². The Morgan fingerprint density at radius 3 is 2.68 bits per heavy atom. The summed E-state index contributed by atoms with van der Waals surface area (Å²) < 4.78 is 10.5. The number of carbonyl (C=O) groups excluding carboxylic acids is 1. The summed E-state index contributed by atoms with van der Waals surface area (Å²) in [6.45, 7) is 8.80. The van der Waals surface area contributed by atoms with Crippen LogP contribution in [-0.4, -0.2) is 25.3 Å². The van der Waals surface area contributed by atoms with Gasteiger partial charge >= 0.3 is 6.09 Å². The zero-order valence-corrected chi connectivity index (χ0v) is 12.2. The first kappa shape index (κ1) is 15.3. The van der Waals surface area contributed by atoms with E-state index in [1.807, 2.05) is 32.9 Å². The van der Waals surface area contributed by atoms with Crippen molar-refractivity contribution in [2.75, 3.05) is 13.2 Å². The van der Waals surface area contributed by atoms with E-state index in [9.17, 15) is 4.79 Å². The van der Waals surface area contributed by atoms with Crippen LogP contribution in [0.5, 0.6) is 5.75 Å². The number of ether oxygens (including phenoxy) is 2. The predicted octanol–water partition coefficient (Wildman–Crippen LogP) is 3.07. The average molecular weight is 265 g/mol. The van der Waals surface area contributed by atoms with Crippen molar-refractivity contribution in [1.82, 2.24) is 5.32 Å². The van der Waals surface area contributed by atoms with Gasteiger partial charge in [-0.3, -0.25) is 0 Å². The molecular formula is C15H23NO3. The van der Waals surface area contributed by atoms with Crippen LogP contribution in [0.1, 0.15) is 31.9 Å². The van der Waals surface area contributed by atoms with E-state index in [4.69, 9.17) is 9.47 Å². The Hall–Kier alpha value is -1.71. The number of carbonyl (C=O) groups is 1. The lowest BCUT2D eigenvalue weighted by atomic mass is 10.1. The minimum absolute atomic E-state index is 0.176. The normalized spacial score (nSPS) is 10.4. The van der Waals surface area contributed by atoms with Gasteiger partial charge in [-0.25, -0.2) is 4.79 Å². The molecule has 0 saturated heterocycles. The van der Waals surface area contributed by atoms with Crippen molar-refractivity contribution in [3.8, 4) is 5.75 Å². The number of rotatable bonds is 6. The maximum absolute atomic E-state index is 11.1. The summed E-state index contributed by atoms with van der Waals surface area (Å²) >= 11 is 0. The topological polar surface area (TPSA) is 47.6 Å². The Kier molecular flexibility index (Phi) is 6.19. The van der Waals surface area contributed by atoms with E-state index >= 15 is 0 Å². The number of amides is 1. The van der Waals surface area contributed by atoms with Gasteiger partial charge in [-0.1, -0.05) is 12.1 Å². The Morgan fingerprint density at radius 1 is 1.37 bits per heavy atom. The second-order valence-electron chi connectivity index (χ2n) is 4.66. The number of hydrogen-bond donors (Lipinski definition) is 1. The molecule has 4 nitrogen and oxygen atoms in total. The highest BCUT2D eigenvalue weighted by atomic mass is 16.5. The minimum Gasteiger partial charge on any atom is -0.491 e. The molecule has 0 radical (unpaired) electrons. The minimum atomic E-state index is -0.362. The monoisotopic (exact) mass is 265 g/mol. The van der Waals surface area contributed by atoms with Gasteiger partial charge < -0.3 is 14.8 Å². The van der Waals surface area contributed by atoms with E-state index in [-0.39, 0.29) is 12.2 Å². The van der Waals surface area contributed by atoms with Gasteiger partial charge in [0.25, 0.3) is 0 Å². The molecule has 1 N–H and O–H groups in total. The largest absolute Gasteiger partial charge is 0.491 e. The van der Waals surface area contributed by atoms with E-state index in [0.29, 0.717) is 13.2 Å². The molecule has 1 rings (SSSR count). The summed E-state index contributed by atoms with van der Waals surface area (Å²) in [6, 6.07) is 6.09. The SMILES string of the molecule is CCOC(=O)NCCc1ccc(OC(C)C)c(C)c1. The van der Waals surface area contributed by atoms with Gasteiger partial charge in [0.1, 0.15) is 5.75 Å². The first-order valence-corrected chi connectivity index (χ1v) is 6.69. The molecule has 0 spiro atoms. The lowest BCUT2D eigenvalue weighted by molar-refractivity contribution is 0.152. The predicted molar refractivity (Wildman–Crippen MR) is 75.7 cm³/mol. The van der Waals surface area contributed by atoms with E-state index < -0.39 is 0 Å². The van der Waals surface area contributed by atoms with Gasteiger partial charge in [-0.15, -0.1) is 0 Å². The third-order valence-electron chi connectivity index (χ3n) is 2.56. The molecule has 0 heterocycles. The van der Waals surface area contributed by atoms with Crippen LogP contribution in [0.3, 0.4) is 0 Å². The van der Waals surface area contributed by atoms with E-state index in [0.717, 1.165) is 17.7 Å². The van der Waals surface area contributed by atoms with E-state index in [2.05, 4.69) is 11.4 Å². The summed E-state index contributed by atoms with van der Waals surface area (Å²) in [4.78, 5) is 11.1. The standard InChI is InChI=1S/C15H23NO3/c1-5-18-15(17)16-9-8-13-6-7-14(12(4)10-13)19-11(2)3/h6-7,10-11H,5,8-9H2,1-4H3,(H,16,17). The Balaban J connectivity index is 2.47. The van der Waals surface area contributed by atoms with Crippen LogP contribution in [0.4, 0.5) is 4.79 Å². The van der Waals surface area contributed by atoms with Crippen molar-refractivity contribution in [1.29, 1.82) is 0 Å².